The number of carbonyl (C=O) groups excluding carboxylic acids is 2. The summed E-state index contributed by atoms with van der Waals surface area (Å²) in [4.78, 5) is 36.0. The molecular weight excluding hydrogens is 272 g/mol. The molecule has 120 valence electrons. The van der Waals surface area contributed by atoms with Crippen LogP contribution in [0.3, 0.4) is 0 Å². The number of urea groups is 1. The van der Waals surface area contributed by atoms with Crippen molar-refractivity contribution in [3.63, 3.8) is 0 Å². The molecule has 0 spiro atoms. The van der Waals surface area contributed by atoms with Crippen molar-refractivity contribution in [1.29, 1.82) is 0 Å². The van der Waals surface area contributed by atoms with Crippen molar-refractivity contribution in [3.8, 4) is 0 Å². The number of amides is 3. The smallest absolute Gasteiger partial charge is 0.324 e. The highest BCUT2D eigenvalue weighted by Gasteiger charge is 2.28. The summed E-state index contributed by atoms with van der Waals surface area (Å²) >= 11 is 0. The number of carboxylic acids is 1. The minimum Gasteiger partial charge on any atom is -0.481 e. The van der Waals surface area contributed by atoms with Crippen LogP contribution in [0.5, 0.6) is 0 Å². The molecule has 1 aliphatic rings. The molecule has 3 unspecified atom stereocenters. The van der Waals surface area contributed by atoms with E-state index >= 15 is 0 Å². The van der Waals surface area contributed by atoms with Gasteiger partial charge >= 0.3 is 12.0 Å². The third-order valence-electron chi connectivity index (χ3n) is 4.19. The summed E-state index contributed by atoms with van der Waals surface area (Å²) in [6, 6.07) is -0.218. The Morgan fingerprint density at radius 2 is 1.86 bits per heavy atom. The van der Waals surface area contributed by atoms with Gasteiger partial charge in [0, 0.05) is 25.9 Å². The molecule has 1 saturated carbocycles. The molecule has 0 heterocycles. The van der Waals surface area contributed by atoms with E-state index in [4.69, 9.17) is 5.11 Å². The lowest BCUT2D eigenvalue weighted by Gasteiger charge is -2.36. The topological polar surface area (TPSA) is 86.7 Å². The van der Waals surface area contributed by atoms with Crippen LogP contribution in [0, 0.1) is 11.8 Å². The third-order valence-corrected chi connectivity index (χ3v) is 4.19. The van der Waals surface area contributed by atoms with Crippen molar-refractivity contribution in [3.05, 3.63) is 0 Å². The fourth-order valence-corrected chi connectivity index (χ4v) is 2.97. The number of carboxylic acid groups (broad SMARTS) is 1. The minimum absolute atomic E-state index is 0.0477. The molecule has 0 aromatic carbocycles. The van der Waals surface area contributed by atoms with Crippen molar-refractivity contribution >= 4 is 17.9 Å². The number of imide groups is 1. The summed E-state index contributed by atoms with van der Waals surface area (Å²) in [5, 5.41) is 11.0. The third kappa shape index (κ3) is 5.73. The zero-order valence-corrected chi connectivity index (χ0v) is 13.1. The SMILES string of the molecule is CC(CC(=O)O)CC(=O)NC(=O)N(C)C1CCCCC1C. The number of hydrogen-bond donors (Lipinski definition) is 2. The van der Waals surface area contributed by atoms with Crippen LogP contribution in [0.25, 0.3) is 0 Å². The molecule has 0 aliphatic heterocycles. The van der Waals surface area contributed by atoms with Crippen LogP contribution in [-0.2, 0) is 9.59 Å². The summed E-state index contributed by atoms with van der Waals surface area (Å²) in [6.45, 7) is 3.81. The van der Waals surface area contributed by atoms with Gasteiger partial charge in [0.1, 0.15) is 0 Å². The Morgan fingerprint density at radius 3 is 2.43 bits per heavy atom. The Hall–Kier alpha value is -1.59. The monoisotopic (exact) mass is 298 g/mol. The van der Waals surface area contributed by atoms with Crippen LogP contribution in [0.15, 0.2) is 0 Å². The van der Waals surface area contributed by atoms with E-state index in [1.165, 1.54) is 6.42 Å². The van der Waals surface area contributed by atoms with Crippen LogP contribution in [0.2, 0.25) is 0 Å². The van der Waals surface area contributed by atoms with E-state index in [2.05, 4.69) is 12.2 Å². The fourth-order valence-electron chi connectivity index (χ4n) is 2.97. The van der Waals surface area contributed by atoms with E-state index in [0.717, 1.165) is 19.3 Å². The highest BCUT2D eigenvalue weighted by atomic mass is 16.4. The van der Waals surface area contributed by atoms with Crippen LogP contribution < -0.4 is 5.32 Å². The van der Waals surface area contributed by atoms with Gasteiger partial charge in [-0.25, -0.2) is 4.79 Å². The first-order chi connectivity index (χ1) is 9.81. The Balaban J connectivity index is 2.44. The summed E-state index contributed by atoms with van der Waals surface area (Å²) in [5.41, 5.74) is 0. The summed E-state index contributed by atoms with van der Waals surface area (Å²) < 4.78 is 0. The molecule has 0 saturated heterocycles. The molecule has 3 amide bonds. The Labute approximate surface area is 125 Å². The van der Waals surface area contributed by atoms with Crippen LogP contribution in [-0.4, -0.2) is 41.0 Å². The summed E-state index contributed by atoms with van der Waals surface area (Å²) in [7, 11) is 1.72. The highest BCUT2D eigenvalue weighted by Crippen LogP contribution is 2.27. The van der Waals surface area contributed by atoms with Gasteiger partial charge < -0.3 is 10.0 Å². The largest absolute Gasteiger partial charge is 0.481 e. The maximum atomic E-state index is 12.1. The zero-order valence-electron chi connectivity index (χ0n) is 13.1. The lowest BCUT2D eigenvalue weighted by atomic mass is 9.85. The van der Waals surface area contributed by atoms with E-state index in [0.29, 0.717) is 5.92 Å². The van der Waals surface area contributed by atoms with Gasteiger partial charge in [0.15, 0.2) is 0 Å². The first-order valence-electron chi connectivity index (χ1n) is 7.59. The van der Waals surface area contributed by atoms with Gasteiger partial charge in [-0.05, 0) is 24.7 Å². The lowest BCUT2D eigenvalue weighted by Crippen LogP contribution is -2.49. The lowest BCUT2D eigenvalue weighted by molar-refractivity contribution is -0.138. The first kappa shape index (κ1) is 17.5. The molecular formula is C15H26N2O4. The van der Waals surface area contributed by atoms with Crippen LogP contribution >= 0.6 is 0 Å². The number of aliphatic carboxylic acids is 1. The summed E-state index contributed by atoms with van der Waals surface area (Å²) in [5.74, 6) is -1.19. The molecule has 6 nitrogen and oxygen atoms in total. The second-order valence-electron chi connectivity index (χ2n) is 6.20. The second-order valence-corrected chi connectivity index (χ2v) is 6.20. The Bertz CT molecular complexity index is 397. The van der Waals surface area contributed by atoms with Crippen molar-refractivity contribution in [2.75, 3.05) is 7.05 Å². The number of nitrogens with zero attached hydrogens (tertiary/aromatic N) is 1. The number of nitrogens with one attached hydrogen (secondary N) is 1. The maximum Gasteiger partial charge on any atom is 0.324 e. The highest BCUT2D eigenvalue weighted by molar-refractivity contribution is 5.94. The molecule has 1 rings (SSSR count). The van der Waals surface area contributed by atoms with Gasteiger partial charge in [-0.2, -0.15) is 0 Å². The van der Waals surface area contributed by atoms with E-state index in [1.54, 1.807) is 18.9 Å². The van der Waals surface area contributed by atoms with E-state index in [1.807, 2.05) is 0 Å². The molecule has 0 aromatic heterocycles. The predicted octanol–water partition coefficient (Wildman–Crippen LogP) is 2.23. The van der Waals surface area contributed by atoms with Crippen molar-refractivity contribution < 1.29 is 19.5 Å². The van der Waals surface area contributed by atoms with E-state index < -0.39 is 11.9 Å². The van der Waals surface area contributed by atoms with Crippen molar-refractivity contribution in [2.45, 2.75) is 58.4 Å². The number of carbonyl (C=O) groups is 3. The van der Waals surface area contributed by atoms with Crippen LogP contribution in [0.4, 0.5) is 4.79 Å². The predicted molar refractivity (Wildman–Crippen MR) is 78.8 cm³/mol. The molecule has 21 heavy (non-hydrogen) atoms. The molecule has 0 bridgehead atoms. The molecule has 1 fully saturated rings. The molecule has 0 radical (unpaired) electrons. The molecule has 3 atom stereocenters. The number of hydrogen-bond acceptors (Lipinski definition) is 3. The van der Waals surface area contributed by atoms with E-state index in [9.17, 15) is 14.4 Å². The fraction of sp³-hybridized carbons (Fsp3) is 0.800. The Morgan fingerprint density at radius 1 is 1.24 bits per heavy atom. The molecule has 6 heteroatoms. The van der Waals surface area contributed by atoms with Crippen molar-refractivity contribution in [1.82, 2.24) is 10.2 Å². The molecule has 1 aliphatic carbocycles. The zero-order chi connectivity index (χ0) is 16.0. The average molecular weight is 298 g/mol. The van der Waals surface area contributed by atoms with Gasteiger partial charge in [0.2, 0.25) is 5.91 Å². The summed E-state index contributed by atoms with van der Waals surface area (Å²) in [6.07, 6.45) is 4.35. The van der Waals surface area contributed by atoms with Gasteiger partial charge in [-0.3, -0.25) is 14.9 Å². The quantitative estimate of drug-likeness (QED) is 0.815. The van der Waals surface area contributed by atoms with Crippen molar-refractivity contribution in [2.24, 2.45) is 11.8 Å². The average Bonchev–Trinajstić information content (AvgIpc) is 2.36. The second kappa shape index (κ2) is 8.00. The number of rotatable bonds is 5. The Kier molecular flexibility index (Phi) is 6.65. The van der Waals surface area contributed by atoms with Gasteiger partial charge in [0.05, 0.1) is 0 Å². The maximum absolute atomic E-state index is 12.1. The van der Waals surface area contributed by atoms with Gasteiger partial charge in [-0.1, -0.05) is 26.7 Å². The molecule has 2 N–H and O–H groups in total. The standard InChI is InChI=1S/C15H26N2O4/c1-10(9-14(19)20)8-13(18)16-15(21)17(3)12-7-5-4-6-11(12)2/h10-12H,4-9H2,1-3H3,(H,19,20)(H,16,18,21). The first-order valence-corrected chi connectivity index (χ1v) is 7.59. The minimum atomic E-state index is -0.935. The van der Waals surface area contributed by atoms with Gasteiger partial charge in [0.25, 0.3) is 0 Å². The van der Waals surface area contributed by atoms with Gasteiger partial charge in [-0.15, -0.1) is 0 Å². The van der Waals surface area contributed by atoms with Crippen LogP contribution in [0.1, 0.15) is 52.4 Å². The normalized spacial score (nSPS) is 23.2. The molecule has 0 aromatic rings. The van der Waals surface area contributed by atoms with E-state index in [-0.39, 0.29) is 30.8 Å².